The third-order valence-electron chi connectivity index (χ3n) is 12.5. The predicted molar refractivity (Wildman–Crippen MR) is 286 cm³/mol. The van der Waals surface area contributed by atoms with Crippen molar-refractivity contribution in [1.29, 1.82) is 0 Å². The van der Waals surface area contributed by atoms with E-state index >= 15 is 0 Å². The van der Waals surface area contributed by atoms with E-state index < -0.39 is 181 Å². The van der Waals surface area contributed by atoms with Gasteiger partial charge in [-0.1, -0.05) is 57.9 Å². The summed E-state index contributed by atoms with van der Waals surface area (Å²) in [5, 5.41) is 82.0. The summed E-state index contributed by atoms with van der Waals surface area (Å²) in [7, 11) is 0. The number of alkyl halides is 1. The van der Waals surface area contributed by atoms with Crippen molar-refractivity contribution in [1.82, 2.24) is 47.9 Å². The molecule has 0 aromatic heterocycles. The van der Waals surface area contributed by atoms with Gasteiger partial charge in [-0.3, -0.25) is 47.9 Å². The normalized spacial score (nSPS) is 24.8. The van der Waals surface area contributed by atoms with E-state index in [1.807, 2.05) is 10.6 Å². The van der Waals surface area contributed by atoms with Crippen molar-refractivity contribution in [2.24, 2.45) is 17.2 Å². The van der Waals surface area contributed by atoms with Crippen LogP contribution in [-0.4, -0.2) is 207 Å². The Morgan fingerprint density at radius 3 is 1.68 bits per heavy atom. The number of carbonyl (C=O) groups excluding carboxylic acids is 10. The lowest BCUT2D eigenvalue weighted by Crippen LogP contribution is -2.62. The number of hydrogen-bond donors (Lipinski definition) is 18. The SMILES string of the molecule is C/C=C1/NC(=O)[C@H]([C@H](C)O)NC(=O)[C@H](CCN)NC(=O)[C@H](CCCCN)NC(=O)[C@H](CC(=O)O)NC(=O)[C@@H](CCN)NC(=O)[C@@H](NC(=O)CC(O)CCCCCCCCC)COC(=O)[C@H]([C@H](O)CCl)NC(=O)[C@H]([C@H](O)C(=O)O)NC1=O. The van der Waals surface area contributed by atoms with Crippen LogP contribution in [0.25, 0.3) is 0 Å². The first-order valence-electron chi connectivity index (χ1n) is 26.7. The summed E-state index contributed by atoms with van der Waals surface area (Å²) in [6.45, 7) is 2.56. The Balaban J connectivity index is 4.06. The lowest BCUT2D eigenvalue weighted by Gasteiger charge is -2.28. The van der Waals surface area contributed by atoms with Gasteiger partial charge >= 0.3 is 17.9 Å². The van der Waals surface area contributed by atoms with Crippen molar-refractivity contribution in [3.05, 3.63) is 11.8 Å². The molecule has 0 saturated carbocycles. The number of allylic oxidation sites excluding steroid dienone is 1. The zero-order valence-corrected chi connectivity index (χ0v) is 46.5. The van der Waals surface area contributed by atoms with Gasteiger partial charge in [-0.2, -0.15) is 0 Å². The monoisotopic (exact) mass is 1180 g/mol. The van der Waals surface area contributed by atoms with Crippen LogP contribution >= 0.6 is 11.6 Å². The van der Waals surface area contributed by atoms with Crippen molar-refractivity contribution in [2.45, 2.75) is 190 Å². The van der Waals surface area contributed by atoms with Crippen LogP contribution in [0.1, 0.15) is 117 Å². The number of hydrogen-bond acceptors (Lipinski definition) is 20. The Bertz CT molecular complexity index is 2160. The van der Waals surface area contributed by atoms with E-state index in [0.29, 0.717) is 12.8 Å². The van der Waals surface area contributed by atoms with E-state index in [9.17, 15) is 88.2 Å². The van der Waals surface area contributed by atoms with Crippen LogP contribution in [-0.2, 0) is 62.3 Å². The van der Waals surface area contributed by atoms with Crippen LogP contribution < -0.4 is 65.1 Å². The summed E-state index contributed by atoms with van der Waals surface area (Å²) in [5.74, 6) is -17.8. The summed E-state index contributed by atoms with van der Waals surface area (Å²) in [4.78, 5) is 162. The molecule has 0 radical (unpaired) electrons. The van der Waals surface area contributed by atoms with Gasteiger partial charge < -0.3 is 100 Å². The Morgan fingerprint density at radius 1 is 0.642 bits per heavy atom. The van der Waals surface area contributed by atoms with E-state index in [4.69, 9.17) is 33.5 Å². The number of halogens is 1. The summed E-state index contributed by atoms with van der Waals surface area (Å²) < 4.78 is 5.26. The first kappa shape index (κ1) is 72.4. The molecule has 1 unspecified atom stereocenters. The number of unbranched alkanes of at least 4 members (excludes halogenated alkanes) is 7. The highest BCUT2D eigenvalue weighted by Crippen LogP contribution is 2.13. The van der Waals surface area contributed by atoms with Gasteiger partial charge in [0.15, 0.2) is 12.1 Å². The summed E-state index contributed by atoms with van der Waals surface area (Å²) in [6, 6.07) is -15.8. The molecule has 21 N–H and O–H groups in total. The number of nitrogens with one attached hydrogen (secondary N) is 9. The number of ether oxygens (including phenoxy) is 1. The zero-order valence-electron chi connectivity index (χ0n) is 45.7. The molecule has 1 aliphatic rings. The number of carboxylic acid groups (broad SMARTS) is 2. The van der Waals surface area contributed by atoms with Crippen LogP contribution in [0.3, 0.4) is 0 Å². The number of aliphatic hydroxyl groups excluding tert-OH is 4. The molecule has 9 amide bonds. The topological polar surface area (TPSA) is 522 Å². The van der Waals surface area contributed by atoms with Crippen molar-refractivity contribution >= 4 is 82.7 Å². The molecule has 1 heterocycles. The highest BCUT2D eigenvalue weighted by molar-refractivity contribution is 6.18. The lowest BCUT2D eigenvalue weighted by molar-refractivity contribution is -0.155. The molecule has 12 atom stereocenters. The van der Waals surface area contributed by atoms with Gasteiger partial charge in [-0.25, -0.2) is 9.59 Å². The fourth-order valence-corrected chi connectivity index (χ4v) is 8.05. The molecule has 0 bridgehead atoms. The Hall–Kier alpha value is -6.61. The zero-order chi connectivity index (χ0) is 61.4. The van der Waals surface area contributed by atoms with Crippen LogP contribution in [0, 0.1) is 0 Å². The minimum absolute atomic E-state index is 0.123. The number of carbonyl (C=O) groups is 12. The van der Waals surface area contributed by atoms with Gasteiger partial charge in [0, 0.05) is 0 Å². The molecule has 460 valence electrons. The fourth-order valence-electron chi connectivity index (χ4n) is 7.87. The predicted octanol–water partition coefficient (Wildman–Crippen LogP) is -5.94. The number of aliphatic hydroxyl groups is 4. The van der Waals surface area contributed by atoms with E-state index in [2.05, 4.69) is 44.1 Å². The molecule has 31 nitrogen and oxygen atoms in total. The van der Waals surface area contributed by atoms with Gasteiger partial charge in [0.05, 0.1) is 37.0 Å². The minimum atomic E-state index is -2.83. The van der Waals surface area contributed by atoms with Crippen molar-refractivity contribution < 1.29 is 92.9 Å². The number of rotatable bonds is 26. The molecule has 0 aromatic rings. The molecular weight excluding hydrogens is 1100 g/mol. The Kier molecular flexibility index (Phi) is 34.8. The van der Waals surface area contributed by atoms with Crippen molar-refractivity contribution in [3.63, 3.8) is 0 Å². The second-order valence-corrected chi connectivity index (χ2v) is 19.5. The standard InChI is InChI=1S/C49H83ClN12O19/c1-4-6-7-8-9-10-11-14-26(64)21-34(66)54-32-24-81-49(80)37(33(65)23-50)61-47(77)38(39(69)48(78)79)62-40(70)27(5-2)55-46(76)36(25(3)63)60-43(73)30(17-20-53)57-41(71)28(15-12-13-18-51)56-44(74)31(22-35(67)68)59-42(72)29(16-19-52)58-45(32)75/h5,25-26,28-33,36-39,63-65,69H,4,6-24,51-53H2,1-3H3,(H,54,66)(H,55,76)(H,56,74)(H,57,71)(H,58,75)(H,59,72)(H,60,73)(H,61,77)(H,62,70)(H,67,68)(H,78,79)/b27-5+/t25-,26?,28-,29+,30-,31-,32-,33+,36-,37-,38-,39-/m0/s1. The van der Waals surface area contributed by atoms with Crippen molar-refractivity contribution in [2.75, 3.05) is 32.1 Å². The third-order valence-corrected chi connectivity index (χ3v) is 12.8. The van der Waals surface area contributed by atoms with E-state index in [1.165, 1.54) is 6.92 Å². The number of esters is 1. The molecule has 0 spiro atoms. The summed E-state index contributed by atoms with van der Waals surface area (Å²) in [5.41, 5.74) is 16.4. The van der Waals surface area contributed by atoms with Gasteiger partial charge in [0.1, 0.15) is 54.6 Å². The van der Waals surface area contributed by atoms with E-state index in [0.717, 1.165) is 51.5 Å². The molecule has 0 aromatic carbocycles. The lowest BCUT2D eigenvalue weighted by atomic mass is 10.0. The summed E-state index contributed by atoms with van der Waals surface area (Å²) in [6.07, 6.45) is -2.79. The van der Waals surface area contributed by atoms with Gasteiger partial charge in [0.2, 0.25) is 47.3 Å². The average molecular weight is 1180 g/mol. The van der Waals surface area contributed by atoms with Crippen LogP contribution in [0.15, 0.2) is 11.8 Å². The van der Waals surface area contributed by atoms with Crippen LogP contribution in [0.4, 0.5) is 0 Å². The second-order valence-electron chi connectivity index (χ2n) is 19.2. The third kappa shape index (κ3) is 26.7. The maximum Gasteiger partial charge on any atom is 0.335 e. The number of nitrogens with two attached hydrogens (primary N) is 3. The van der Waals surface area contributed by atoms with Crippen LogP contribution in [0.5, 0.6) is 0 Å². The van der Waals surface area contributed by atoms with Gasteiger partial charge in [-0.15, -0.1) is 11.6 Å². The first-order chi connectivity index (χ1) is 38.3. The molecule has 1 aliphatic heterocycles. The number of cyclic esters (lactones) is 1. The van der Waals surface area contributed by atoms with Crippen molar-refractivity contribution in [3.8, 4) is 0 Å². The molecular formula is C49H83ClN12O19. The number of amides is 9. The van der Waals surface area contributed by atoms with Gasteiger partial charge in [0.25, 0.3) is 5.91 Å². The first-order valence-corrected chi connectivity index (χ1v) is 27.2. The number of aliphatic carboxylic acids is 2. The Labute approximate surface area is 473 Å². The maximum atomic E-state index is 14.1. The highest BCUT2D eigenvalue weighted by Gasteiger charge is 2.41. The van der Waals surface area contributed by atoms with Gasteiger partial charge in [-0.05, 0) is 72.0 Å². The number of carboxylic acids is 2. The van der Waals surface area contributed by atoms with E-state index in [1.54, 1.807) is 0 Å². The highest BCUT2D eigenvalue weighted by atomic mass is 35.5. The molecule has 1 rings (SSSR count). The smallest absolute Gasteiger partial charge is 0.335 e. The largest absolute Gasteiger partial charge is 0.481 e. The quantitative estimate of drug-likeness (QED) is 0.0166. The summed E-state index contributed by atoms with van der Waals surface area (Å²) >= 11 is 5.84. The second kappa shape index (κ2) is 38.9. The Morgan fingerprint density at radius 2 is 1.16 bits per heavy atom. The fraction of sp³-hybridized carbons (Fsp3) is 0.714. The molecule has 1 fully saturated rings. The van der Waals surface area contributed by atoms with Crippen LogP contribution in [0.2, 0.25) is 0 Å². The van der Waals surface area contributed by atoms with E-state index in [-0.39, 0.29) is 45.3 Å². The molecule has 32 heteroatoms. The minimum Gasteiger partial charge on any atom is -0.481 e. The maximum absolute atomic E-state index is 14.1. The molecule has 1 saturated heterocycles. The average Bonchev–Trinajstić information content (AvgIpc) is 3.41. The molecule has 81 heavy (non-hydrogen) atoms. The molecule has 0 aliphatic carbocycles.